The Labute approximate surface area is 440 Å². The van der Waals surface area contributed by atoms with Crippen molar-refractivity contribution in [2.75, 3.05) is 47.3 Å². The number of rotatable bonds is 27. The number of nitrogens with one attached hydrogen (secondary N) is 2. The Morgan fingerprint density at radius 1 is 0.714 bits per heavy atom. The zero-order valence-corrected chi connectivity index (χ0v) is 42.4. The summed E-state index contributed by atoms with van der Waals surface area (Å²) in [7, 11) is 2.52. The van der Waals surface area contributed by atoms with Gasteiger partial charge in [0.2, 0.25) is 5.91 Å². The van der Waals surface area contributed by atoms with Gasteiger partial charge in [0.25, 0.3) is 11.7 Å². The van der Waals surface area contributed by atoms with Crippen molar-refractivity contribution in [2.24, 2.45) is 0 Å². The lowest BCUT2D eigenvalue weighted by molar-refractivity contribution is -0.391. The number of esters is 1. The van der Waals surface area contributed by atoms with Gasteiger partial charge >= 0.3 is 11.9 Å². The van der Waals surface area contributed by atoms with Gasteiger partial charge in [-0.05, 0) is 31.0 Å². The summed E-state index contributed by atoms with van der Waals surface area (Å²) in [5.74, 6) is -7.80. The number of carbonyl (C=O) groups excluding carboxylic acids is 3. The Morgan fingerprint density at radius 2 is 1.31 bits per heavy atom. The van der Waals surface area contributed by atoms with Crippen LogP contribution in [0.1, 0.15) is 68.6 Å². The van der Waals surface area contributed by atoms with Crippen LogP contribution < -0.4 is 15.4 Å². The quantitative estimate of drug-likeness (QED) is 0.0288. The number of carboxylic acid groups (broad SMARTS) is 1. The zero-order valence-electron chi connectivity index (χ0n) is 42.4. The summed E-state index contributed by atoms with van der Waals surface area (Å²) in [5, 5.41) is 156. The van der Waals surface area contributed by atoms with Crippen LogP contribution in [0, 0.1) is 0 Å². The smallest absolute Gasteiger partial charge is 0.364 e. The van der Waals surface area contributed by atoms with Crippen LogP contribution in [-0.2, 0) is 57.0 Å². The molecule has 0 bridgehead atoms. The summed E-state index contributed by atoms with van der Waals surface area (Å²) in [5.41, 5.74) is -0.142. The molecule has 77 heavy (non-hydrogen) atoms. The van der Waals surface area contributed by atoms with Crippen molar-refractivity contribution in [1.82, 2.24) is 10.6 Å². The molecule has 1 aromatic carbocycles. The fraction of sp³-hybridized carbons (Fsp3) is 0.787. The maximum atomic E-state index is 14.2. The van der Waals surface area contributed by atoms with E-state index in [2.05, 4.69) is 15.4 Å². The number of aromatic hydroxyl groups is 1. The highest BCUT2D eigenvalue weighted by atomic mass is 16.8. The fourth-order valence-corrected chi connectivity index (χ4v) is 9.37. The molecule has 21 atom stereocenters. The number of phenols is 1. The molecular weight excluding hydrogens is 1040 g/mol. The molecule has 5 rings (SSSR count). The van der Waals surface area contributed by atoms with Gasteiger partial charge in [0.15, 0.2) is 30.4 Å². The van der Waals surface area contributed by atoms with Crippen molar-refractivity contribution in [2.45, 2.75) is 187 Å². The van der Waals surface area contributed by atoms with Crippen LogP contribution in [0.2, 0.25) is 0 Å². The van der Waals surface area contributed by atoms with E-state index in [0.717, 1.165) is 31.9 Å². The van der Waals surface area contributed by atoms with E-state index in [0.29, 0.717) is 25.7 Å². The van der Waals surface area contributed by atoms with Gasteiger partial charge in [0, 0.05) is 31.9 Å². The number of aliphatic hydroxyl groups is 12. The molecule has 30 nitrogen and oxygen atoms in total. The average molecular weight is 1120 g/mol. The van der Waals surface area contributed by atoms with Crippen molar-refractivity contribution in [3.8, 4) is 11.5 Å². The Kier molecular flexibility index (Phi) is 24.3. The van der Waals surface area contributed by atoms with E-state index < -0.39 is 179 Å². The minimum atomic E-state index is -3.19. The number of ether oxygens (including phenoxy) is 10. The summed E-state index contributed by atoms with van der Waals surface area (Å²) in [6.45, 7) is -3.24. The Morgan fingerprint density at radius 3 is 1.91 bits per heavy atom. The molecule has 2 amide bonds. The van der Waals surface area contributed by atoms with E-state index >= 15 is 0 Å². The predicted octanol–water partition coefficient (Wildman–Crippen LogP) is -6.32. The second-order valence-corrected chi connectivity index (χ2v) is 19.0. The molecule has 4 aliphatic heterocycles. The minimum absolute atomic E-state index is 0.0767. The molecule has 16 N–H and O–H groups in total. The SMILES string of the molecule is COC(=O)CCCCCCCCO[C@@H]1OC(CO)[C@H](OC2OC(CO)[C@@H](O)C(O[C@]3(C(=O)O)CC(O)[C@@H](NC(C)=O)C(C(O)C(O)CO)O3)C2O)C(O[C@@H]2OC(CO)[C@H](O)C(O)C2O)C1NC(=O)c1ccc(O)c(OC)c1. The van der Waals surface area contributed by atoms with Crippen molar-refractivity contribution >= 4 is 23.8 Å². The van der Waals surface area contributed by atoms with Gasteiger partial charge in [-0.3, -0.25) is 14.4 Å². The molecule has 0 spiro atoms. The lowest BCUT2D eigenvalue weighted by Gasteiger charge is -2.51. The topological polar surface area (TPSA) is 468 Å². The lowest BCUT2D eigenvalue weighted by atomic mass is 9.88. The zero-order chi connectivity index (χ0) is 56.9. The summed E-state index contributed by atoms with van der Waals surface area (Å²) >= 11 is 0. The third kappa shape index (κ3) is 15.6. The van der Waals surface area contributed by atoms with Crippen molar-refractivity contribution in [3.05, 3.63) is 23.8 Å². The summed E-state index contributed by atoms with van der Waals surface area (Å²) in [4.78, 5) is 51.1. The summed E-state index contributed by atoms with van der Waals surface area (Å²) < 4.78 is 57.8. The van der Waals surface area contributed by atoms with Crippen LogP contribution in [0.15, 0.2) is 18.2 Å². The number of phenolic OH excluding ortho intramolecular Hbond substituents is 1. The molecule has 4 fully saturated rings. The predicted molar refractivity (Wildman–Crippen MR) is 251 cm³/mol. The van der Waals surface area contributed by atoms with Crippen LogP contribution >= 0.6 is 0 Å². The number of methoxy groups -OCH3 is 2. The van der Waals surface area contributed by atoms with E-state index in [4.69, 9.17) is 42.6 Å². The van der Waals surface area contributed by atoms with Gasteiger partial charge in [-0.25, -0.2) is 4.79 Å². The number of carboxylic acids is 1. The van der Waals surface area contributed by atoms with Gasteiger partial charge < -0.3 is 129 Å². The number of aliphatic carboxylic acids is 1. The molecule has 4 saturated heterocycles. The van der Waals surface area contributed by atoms with Crippen LogP contribution in [0.25, 0.3) is 0 Å². The second-order valence-electron chi connectivity index (χ2n) is 19.0. The Hall–Kier alpha value is -4.10. The van der Waals surface area contributed by atoms with Crippen LogP contribution in [0.5, 0.6) is 11.5 Å². The van der Waals surface area contributed by atoms with Crippen LogP contribution in [-0.4, -0.2) is 271 Å². The van der Waals surface area contributed by atoms with E-state index in [-0.39, 0.29) is 36.1 Å². The molecule has 1 aromatic rings. The van der Waals surface area contributed by atoms with Crippen molar-refractivity contribution < 1.29 is 138 Å². The largest absolute Gasteiger partial charge is 0.504 e. The fourth-order valence-electron chi connectivity index (χ4n) is 9.37. The van der Waals surface area contributed by atoms with Crippen molar-refractivity contribution in [3.63, 3.8) is 0 Å². The maximum absolute atomic E-state index is 14.2. The standard InChI is InChI=1S/C47H74N2O28/c1-20(54)48-30-23(56)15-47(46(66)67,76-39(30)32(59)24(57)16-50)77-41-34(61)27(18-52)72-45(37(41)64)74-38-28(19-53)73-43(70-13-9-7-5-4-6-8-10-29(58)69-3)31(49-42(65)21-11-12-22(55)25(14-21)68-2)40(38)75-44-36(63)35(62)33(60)26(17-51)71-44/h11-12,14,23-24,26-28,30-41,43-45,50-53,55-57,59-64H,4-10,13,15-19H2,1-3H3,(H,48,54)(H,49,65)(H,66,67)/t23?,24?,26?,27?,28?,30-,31?,32?,33+,34-,35?,36?,37?,38+,39?,40?,41?,43-,44+,45?,47+/m1/s1. The third-order valence-corrected chi connectivity index (χ3v) is 13.6. The van der Waals surface area contributed by atoms with Gasteiger partial charge in [0.05, 0.1) is 52.8 Å². The number of unbranched alkanes of at least 4 members (excludes halogenated alkanes) is 5. The number of aliphatic hydroxyl groups excluding tert-OH is 12. The minimum Gasteiger partial charge on any atom is -0.504 e. The van der Waals surface area contributed by atoms with E-state index in [1.165, 1.54) is 20.3 Å². The number of amides is 2. The van der Waals surface area contributed by atoms with Crippen LogP contribution in [0.4, 0.5) is 0 Å². The van der Waals surface area contributed by atoms with E-state index in [1.54, 1.807) is 0 Å². The maximum Gasteiger partial charge on any atom is 0.364 e. The first-order chi connectivity index (χ1) is 36.6. The normalized spacial score (nSPS) is 36.3. The monoisotopic (exact) mass is 1110 g/mol. The van der Waals surface area contributed by atoms with E-state index in [9.17, 15) is 90.7 Å². The van der Waals surface area contributed by atoms with Crippen molar-refractivity contribution in [1.29, 1.82) is 0 Å². The van der Waals surface area contributed by atoms with Gasteiger partial charge in [-0.15, -0.1) is 0 Å². The Bertz CT molecular complexity index is 2040. The van der Waals surface area contributed by atoms with Gasteiger partial charge in [-0.2, -0.15) is 0 Å². The molecule has 0 radical (unpaired) electrons. The first kappa shape index (κ1) is 63.7. The van der Waals surface area contributed by atoms with Gasteiger partial charge in [-0.1, -0.05) is 25.7 Å². The molecule has 14 unspecified atom stereocenters. The first-order valence-electron chi connectivity index (χ1n) is 25.0. The molecule has 0 aliphatic carbocycles. The molecular formula is C47H74N2O28. The summed E-state index contributed by atoms with van der Waals surface area (Å²) in [6, 6.07) is 0.178. The molecule has 0 saturated carbocycles. The summed E-state index contributed by atoms with van der Waals surface area (Å²) in [6.07, 6.45) is -33.2. The number of benzene rings is 1. The molecule has 4 aliphatic rings. The number of carbonyl (C=O) groups is 4. The molecule has 30 heteroatoms. The Balaban J connectivity index is 1.54. The molecule has 440 valence electrons. The number of hydrogen-bond donors (Lipinski definition) is 16. The average Bonchev–Trinajstić information content (AvgIpc) is 3.41. The van der Waals surface area contributed by atoms with E-state index in [1.807, 2.05) is 0 Å². The highest BCUT2D eigenvalue weighted by molar-refractivity contribution is 5.95. The molecule has 4 heterocycles. The van der Waals surface area contributed by atoms with Crippen LogP contribution in [0.3, 0.4) is 0 Å². The molecule has 0 aromatic heterocycles. The lowest BCUT2D eigenvalue weighted by Crippen LogP contribution is -2.71. The number of hydrogen-bond acceptors (Lipinski definition) is 27. The highest BCUT2D eigenvalue weighted by Gasteiger charge is 2.61. The third-order valence-electron chi connectivity index (χ3n) is 13.6. The first-order valence-corrected chi connectivity index (χ1v) is 25.0. The van der Waals surface area contributed by atoms with Gasteiger partial charge in [0.1, 0.15) is 91.5 Å². The highest BCUT2D eigenvalue weighted by Crippen LogP contribution is 2.40. The second kappa shape index (κ2) is 29.4.